The van der Waals surface area contributed by atoms with Gasteiger partial charge in [-0.2, -0.15) is 0 Å². The minimum absolute atomic E-state index is 0.0678. The Morgan fingerprint density at radius 3 is 2.57 bits per heavy atom. The number of rotatable bonds is 5. The van der Waals surface area contributed by atoms with Crippen molar-refractivity contribution in [2.75, 3.05) is 11.9 Å². The van der Waals surface area contributed by atoms with E-state index in [1.807, 2.05) is 18.2 Å². The fraction of sp³-hybridized carbons (Fsp3) is 0.235. The van der Waals surface area contributed by atoms with Gasteiger partial charge in [-0.3, -0.25) is 4.79 Å². The molecule has 1 aliphatic carbocycles. The number of nitrogens with one attached hydrogen (secondary N) is 2. The van der Waals surface area contributed by atoms with E-state index in [1.54, 1.807) is 12.1 Å². The molecule has 0 spiro atoms. The maximum atomic E-state index is 11.9. The standard InChI is InChI=1S/C17H17ClN2O/c18-14-8-4-5-9-15(14)20-17(21)11-19-16-10-13(16)12-6-2-1-3-7-12/h1-9,13,16,19H,10-11H2,(H,20,21). The first-order valence-corrected chi connectivity index (χ1v) is 7.44. The van der Waals surface area contributed by atoms with Gasteiger partial charge in [0, 0.05) is 12.0 Å². The third-order valence-electron chi connectivity index (χ3n) is 3.69. The number of halogens is 1. The van der Waals surface area contributed by atoms with E-state index >= 15 is 0 Å². The lowest BCUT2D eigenvalue weighted by atomic mass is 10.1. The summed E-state index contributed by atoms with van der Waals surface area (Å²) in [4.78, 5) is 11.9. The molecule has 2 aromatic carbocycles. The van der Waals surface area contributed by atoms with E-state index in [0.29, 0.717) is 29.2 Å². The van der Waals surface area contributed by atoms with Crippen molar-refractivity contribution in [1.29, 1.82) is 0 Å². The third kappa shape index (κ3) is 3.63. The monoisotopic (exact) mass is 300 g/mol. The van der Waals surface area contributed by atoms with E-state index in [4.69, 9.17) is 11.6 Å². The van der Waals surface area contributed by atoms with Crippen LogP contribution in [-0.2, 0) is 4.79 Å². The molecule has 21 heavy (non-hydrogen) atoms. The normalized spacial score (nSPS) is 20.0. The molecular weight excluding hydrogens is 284 g/mol. The van der Waals surface area contributed by atoms with Crippen LogP contribution in [0.1, 0.15) is 17.9 Å². The third-order valence-corrected chi connectivity index (χ3v) is 4.02. The van der Waals surface area contributed by atoms with E-state index in [2.05, 4.69) is 34.9 Å². The highest BCUT2D eigenvalue weighted by molar-refractivity contribution is 6.33. The van der Waals surface area contributed by atoms with Crippen molar-refractivity contribution in [2.24, 2.45) is 0 Å². The van der Waals surface area contributed by atoms with Gasteiger partial charge in [0.05, 0.1) is 17.3 Å². The first kappa shape index (κ1) is 14.1. The smallest absolute Gasteiger partial charge is 0.238 e. The molecule has 2 atom stereocenters. The molecule has 1 fully saturated rings. The summed E-state index contributed by atoms with van der Waals surface area (Å²) in [5, 5.41) is 6.66. The second kappa shape index (κ2) is 6.29. The molecule has 0 aliphatic heterocycles. The molecule has 2 N–H and O–H groups in total. The van der Waals surface area contributed by atoms with Crippen LogP contribution in [0.5, 0.6) is 0 Å². The zero-order valence-electron chi connectivity index (χ0n) is 11.6. The Morgan fingerprint density at radius 2 is 1.81 bits per heavy atom. The quantitative estimate of drug-likeness (QED) is 0.888. The summed E-state index contributed by atoms with van der Waals surface area (Å²) in [6, 6.07) is 18.0. The number of carbonyl (C=O) groups is 1. The van der Waals surface area contributed by atoms with Crippen molar-refractivity contribution in [3.05, 3.63) is 65.2 Å². The lowest BCUT2D eigenvalue weighted by molar-refractivity contribution is -0.115. The molecular formula is C17H17ClN2O. The topological polar surface area (TPSA) is 41.1 Å². The molecule has 3 rings (SSSR count). The second-order valence-electron chi connectivity index (χ2n) is 5.27. The van der Waals surface area contributed by atoms with Crippen molar-refractivity contribution in [3.8, 4) is 0 Å². The largest absolute Gasteiger partial charge is 0.324 e. The number of para-hydroxylation sites is 1. The SMILES string of the molecule is O=C(CNC1CC1c1ccccc1)Nc1ccccc1Cl. The summed E-state index contributed by atoms with van der Waals surface area (Å²) in [6.45, 7) is 0.305. The highest BCUT2D eigenvalue weighted by atomic mass is 35.5. The molecule has 1 saturated carbocycles. The first-order valence-electron chi connectivity index (χ1n) is 7.07. The van der Waals surface area contributed by atoms with Crippen molar-refractivity contribution < 1.29 is 4.79 Å². The van der Waals surface area contributed by atoms with Gasteiger partial charge in [0.25, 0.3) is 0 Å². The molecule has 1 amide bonds. The Balaban J connectivity index is 1.47. The molecule has 0 heterocycles. The van der Waals surface area contributed by atoms with E-state index in [1.165, 1.54) is 5.56 Å². The molecule has 4 heteroatoms. The number of benzene rings is 2. The maximum absolute atomic E-state index is 11.9. The zero-order valence-corrected chi connectivity index (χ0v) is 12.3. The van der Waals surface area contributed by atoms with E-state index < -0.39 is 0 Å². The molecule has 0 radical (unpaired) electrons. The number of carbonyl (C=O) groups excluding carboxylic acids is 1. The van der Waals surface area contributed by atoms with Gasteiger partial charge in [-0.25, -0.2) is 0 Å². The van der Waals surface area contributed by atoms with Crippen LogP contribution in [0.15, 0.2) is 54.6 Å². The zero-order chi connectivity index (χ0) is 14.7. The van der Waals surface area contributed by atoms with E-state index in [9.17, 15) is 4.79 Å². The van der Waals surface area contributed by atoms with Crippen molar-refractivity contribution >= 4 is 23.2 Å². The molecule has 2 aromatic rings. The lowest BCUT2D eigenvalue weighted by Crippen LogP contribution is -2.30. The van der Waals surface area contributed by atoms with Gasteiger partial charge in [0.15, 0.2) is 0 Å². The number of hydrogen-bond acceptors (Lipinski definition) is 2. The summed E-state index contributed by atoms with van der Waals surface area (Å²) in [5.41, 5.74) is 1.99. The van der Waals surface area contributed by atoms with Crippen LogP contribution < -0.4 is 10.6 Å². The lowest BCUT2D eigenvalue weighted by Gasteiger charge is -2.08. The summed E-state index contributed by atoms with van der Waals surface area (Å²) in [7, 11) is 0. The highest BCUT2D eigenvalue weighted by Crippen LogP contribution is 2.40. The summed E-state index contributed by atoms with van der Waals surface area (Å²) < 4.78 is 0. The second-order valence-corrected chi connectivity index (χ2v) is 5.68. The van der Waals surface area contributed by atoms with E-state index in [-0.39, 0.29) is 5.91 Å². The van der Waals surface area contributed by atoms with Crippen LogP contribution in [-0.4, -0.2) is 18.5 Å². The van der Waals surface area contributed by atoms with Gasteiger partial charge in [-0.1, -0.05) is 54.1 Å². The Labute approximate surface area is 129 Å². The molecule has 3 nitrogen and oxygen atoms in total. The molecule has 108 valence electrons. The summed E-state index contributed by atoms with van der Waals surface area (Å²) >= 11 is 6.01. The van der Waals surface area contributed by atoms with E-state index in [0.717, 1.165) is 6.42 Å². The summed E-state index contributed by atoms with van der Waals surface area (Å²) in [6.07, 6.45) is 1.09. The minimum Gasteiger partial charge on any atom is -0.324 e. The fourth-order valence-corrected chi connectivity index (χ4v) is 2.65. The maximum Gasteiger partial charge on any atom is 0.238 e. The summed E-state index contributed by atoms with van der Waals surface area (Å²) in [5.74, 6) is 0.459. The highest BCUT2D eigenvalue weighted by Gasteiger charge is 2.37. The number of anilines is 1. The molecule has 0 saturated heterocycles. The minimum atomic E-state index is -0.0678. The van der Waals surface area contributed by atoms with Gasteiger partial charge in [-0.05, 0) is 24.1 Å². The van der Waals surface area contributed by atoms with Crippen molar-refractivity contribution in [3.63, 3.8) is 0 Å². The Hall–Kier alpha value is -1.84. The Kier molecular flexibility index (Phi) is 4.23. The van der Waals surface area contributed by atoms with Crippen LogP contribution in [0.3, 0.4) is 0 Å². The van der Waals surface area contributed by atoms with Crippen LogP contribution in [0.2, 0.25) is 5.02 Å². The first-order chi connectivity index (χ1) is 10.2. The van der Waals surface area contributed by atoms with Crippen molar-refractivity contribution in [2.45, 2.75) is 18.4 Å². The predicted octanol–water partition coefficient (Wildman–Crippen LogP) is 3.42. The molecule has 2 unspecified atom stereocenters. The fourth-order valence-electron chi connectivity index (χ4n) is 2.47. The van der Waals surface area contributed by atoms with Gasteiger partial charge >= 0.3 is 0 Å². The molecule has 1 aliphatic rings. The average Bonchev–Trinajstić information content (AvgIpc) is 3.28. The van der Waals surface area contributed by atoms with Crippen LogP contribution in [0, 0.1) is 0 Å². The molecule has 0 bridgehead atoms. The van der Waals surface area contributed by atoms with Gasteiger partial charge < -0.3 is 10.6 Å². The van der Waals surface area contributed by atoms with Gasteiger partial charge in [-0.15, -0.1) is 0 Å². The average molecular weight is 301 g/mol. The van der Waals surface area contributed by atoms with Gasteiger partial charge in [0.1, 0.15) is 0 Å². The number of hydrogen-bond donors (Lipinski definition) is 2. The molecule has 0 aromatic heterocycles. The predicted molar refractivity (Wildman–Crippen MR) is 85.7 cm³/mol. The van der Waals surface area contributed by atoms with Crippen LogP contribution in [0.25, 0.3) is 0 Å². The Bertz CT molecular complexity index is 630. The Morgan fingerprint density at radius 1 is 1.10 bits per heavy atom. The van der Waals surface area contributed by atoms with Crippen molar-refractivity contribution in [1.82, 2.24) is 5.32 Å². The van der Waals surface area contributed by atoms with Crippen LogP contribution in [0.4, 0.5) is 5.69 Å². The van der Waals surface area contributed by atoms with Gasteiger partial charge in [0.2, 0.25) is 5.91 Å². The number of amides is 1. The van der Waals surface area contributed by atoms with Crippen LogP contribution >= 0.6 is 11.6 Å².